The van der Waals surface area contributed by atoms with Gasteiger partial charge in [-0.05, 0) is 32.6 Å². The van der Waals surface area contributed by atoms with Gasteiger partial charge in [-0.15, -0.1) is 0 Å². The summed E-state index contributed by atoms with van der Waals surface area (Å²) in [6.45, 7) is 3.02. The van der Waals surface area contributed by atoms with E-state index < -0.39 is 5.97 Å². The Hall–Kier alpha value is -1.59. The lowest BCUT2D eigenvalue weighted by atomic mass is 10.3. The highest BCUT2D eigenvalue weighted by Gasteiger charge is 2.09. The Morgan fingerprint density at radius 1 is 1.15 bits per heavy atom. The Labute approximate surface area is 120 Å². The summed E-state index contributed by atoms with van der Waals surface area (Å²) in [7, 11) is 3.97. The Kier molecular flexibility index (Phi) is 7.69. The molecule has 0 aliphatic rings. The Bertz CT molecular complexity index is 382. The molecule has 0 fully saturated rings. The van der Waals surface area contributed by atoms with Gasteiger partial charge in [-0.1, -0.05) is 18.2 Å². The second kappa shape index (κ2) is 9.34. The largest absolute Gasteiger partial charge is 0.494 e. The number of hydrogen-bond donors (Lipinski definition) is 1. The van der Waals surface area contributed by atoms with Crippen LogP contribution in [0.15, 0.2) is 30.3 Å². The van der Waals surface area contributed by atoms with Crippen LogP contribution in [0.4, 0.5) is 0 Å². The van der Waals surface area contributed by atoms with Crippen LogP contribution in [0, 0.1) is 0 Å². The van der Waals surface area contributed by atoms with E-state index in [1.807, 2.05) is 49.3 Å². The van der Waals surface area contributed by atoms with Crippen LogP contribution in [0.25, 0.3) is 0 Å². The van der Waals surface area contributed by atoms with Crippen LogP contribution in [0.2, 0.25) is 0 Å². The lowest BCUT2D eigenvalue weighted by Gasteiger charge is -2.22. The molecule has 0 saturated carbocycles. The first-order valence-electron chi connectivity index (χ1n) is 6.84. The number of carboxylic acids is 1. The van der Waals surface area contributed by atoms with Crippen molar-refractivity contribution in [1.29, 1.82) is 0 Å². The minimum atomic E-state index is -0.785. The Morgan fingerprint density at radius 2 is 1.85 bits per heavy atom. The Morgan fingerprint density at radius 3 is 2.45 bits per heavy atom. The average molecular weight is 280 g/mol. The first kappa shape index (κ1) is 16.5. The van der Waals surface area contributed by atoms with Gasteiger partial charge in [0.15, 0.2) is 0 Å². The molecule has 20 heavy (non-hydrogen) atoms. The lowest BCUT2D eigenvalue weighted by molar-refractivity contribution is -0.138. The molecule has 0 aromatic heterocycles. The van der Waals surface area contributed by atoms with Crippen molar-refractivity contribution in [2.75, 3.05) is 46.9 Å². The standard InChI is InChI=1S/C15H24N2O3/c1-16(2)10-11-17(13-15(18)19)9-6-12-20-14-7-4-3-5-8-14/h3-5,7-8H,6,9-13H2,1-2H3,(H,18,19). The quantitative estimate of drug-likeness (QED) is 0.657. The highest BCUT2D eigenvalue weighted by Crippen LogP contribution is 2.08. The highest BCUT2D eigenvalue weighted by atomic mass is 16.5. The third-order valence-electron chi connectivity index (χ3n) is 2.85. The number of hydrogen-bond acceptors (Lipinski definition) is 4. The maximum absolute atomic E-state index is 10.8. The Balaban J connectivity index is 2.25. The van der Waals surface area contributed by atoms with E-state index in [4.69, 9.17) is 9.84 Å². The summed E-state index contributed by atoms with van der Waals surface area (Å²) in [6, 6.07) is 9.65. The number of ether oxygens (including phenoxy) is 1. The normalized spacial score (nSPS) is 11.0. The first-order valence-corrected chi connectivity index (χ1v) is 6.84. The fourth-order valence-corrected chi connectivity index (χ4v) is 1.80. The molecule has 1 aromatic rings. The minimum absolute atomic E-state index is 0.0825. The molecule has 0 aliphatic carbocycles. The number of nitrogens with zero attached hydrogens (tertiary/aromatic N) is 2. The van der Waals surface area contributed by atoms with E-state index in [2.05, 4.69) is 4.90 Å². The van der Waals surface area contributed by atoms with Crippen LogP contribution in [0.5, 0.6) is 5.75 Å². The van der Waals surface area contributed by atoms with Crippen molar-refractivity contribution in [2.45, 2.75) is 6.42 Å². The summed E-state index contributed by atoms with van der Waals surface area (Å²) in [5.41, 5.74) is 0. The molecule has 5 heteroatoms. The van der Waals surface area contributed by atoms with E-state index in [-0.39, 0.29) is 6.54 Å². The summed E-state index contributed by atoms with van der Waals surface area (Å²) in [4.78, 5) is 14.8. The zero-order chi connectivity index (χ0) is 14.8. The van der Waals surface area contributed by atoms with E-state index >= 15 is 0 Å². The summed E-state index contributed by atoms with van der Waals surface area (Å²) in [6.07, 6.45) is 0.815. The van der Waals surface area contributed by atoms with Gasteiger partial charge in [-0.25, -0.2) is 0 Å². The monoisotopic (exact) mass is 280 g/mol. The van der Waals surface area contributed by atoms with Crippen molar-refractivity contribution in [3.63, 3.8) is 0 Å². The molecular formula is C15H24N2O3. The smallest absolute Gasteiger partial charge is 0.317 e. The number of para-hydroxylation sites is 1. The molecule has 0 radical (unpaired) electrons. The molecule has 0 unspecified atom stereocenters. The predicted octanol–water partition coefficient (Wildman–Crippen LogP) is 1.40. The van der Waals surface area contributed by atoms with Crippen LogP contribution >= 0.6 is 0 Å². The molecule has 0 bridgehead atoms. The van der Waals surface area contributed by atoms with Crippen molar-refractivity contribution >= 4 is 5.97 Å². The average Bonchev–Trinajstić information content (AvgIpc) is 2.41. The van der Waals surface area contributed by atoms with E-state index in [9.17, 15) is 4.79 Å². The summed E-state index contributed by atoms with van der Waals surface area (Å²) >= 11 is 0. The number of rotatable bonds is 10. The van der Waals surface area contributed by atoms with Crippen molar-refractivity contribution in [3.05, 3.63) is 30.3 Å². The third-order valence-corrected chi connectivity index (χ3v) is 2.85. The van der Waals surface area contributed by atoms with Gasteiger partial charge in [0.25, 0.3) is 0 Å². The molecule has 5 nitrogen and oxygen atoms in total. The summed E-state index contributed by atoms with van der Waals surface area (Å²) in [5.74, 6) is 0.0679. The van der Waals surface area contributed by atoms with Crippen molar-refractivity contribution in [1.82, 2.24) is 9.80 Å². The van der Waals surface area contributed by atoms with Gasteiger partial charge in [-0.3, -0.25) is 9.69 Å². The predicted molar refractivity (Wildman–Crippen MR) is 79.2 cm³/mol. The molecule has 0 heterocycles. The van der Waals surface area contributed by atoms with Crippen LogP contribution in [-0.2, 0) is 4.79 Å². The molecule has 0 saturated heterocycles. The number of carbonyl (C=O) groups is 1. The van der Waals surface area contributed by atoms with Gasteiger partial charge >= 0.3 is 5.97 Å². The number of aliphatic carboxylic acids is 1. The van der Waals surface area contributed by atoms with E-state index in [1.54, 1.807) is 0 Å². The maximum Gasteiger partial charge on any atom is 0.317 e. The molecule has 1 aromatic carbocycles. The third kappa shape index (κ3) is 7.76. The van der Waals surface area contributed by atoms with E-state index in [0.717, 1.165) is 31.8 Å². The lowest BCUT2D eigenvalue weighted by Crippen LogP contribution is -2.36. The second-order valence-corrected chi connectivity index (χ2v) is 4.99. The van der Waals surface area contributed by atoms with Crippen molar-refractivity contribution < 1.29 is 14.6 Å². The van der Waals surface area contributed by atoms with Crippen LogP contribution in [0.3, 0.4) is 0 Å². The maximum atomic E-state index is 10.8. The summed E-state index contributed by atoms with van der Waals surface area (Å²) < 4.78 is 5.60. The van der Waals surface area contributed by atoms with Crippen molar-refractivity contribution in [3.8, 4) is 5.75 Å². The van der Waals surface area contributed by atoms with Crippen LogP contribution in [0.1, 0.15) is 6.42 Å². The number of benzene rings is 1. The molecule has 1 N–H and O–H groups in total. The van der Waals surface area contributed by atoms with Gasteiger partial charge in [-0.2, -0.15) is 0 Å². The van der Waals surface area contributed by atoms with Gasteiger partial charge in [0.2, 0.25) is 0 Å². The topological polar surface area (TPSA) is 53.0 Å². The zero-order valence-corrected chi connectivity index (χ0v) is 12.3. The van der Waals surface area contributed by atoms with Crippen LogP contribution in [-0.4, -0.2) is 67.8 Å². The van der Waals surface area contributed by atoms with E-state index in [1.165, 1.54) is 0 Å². The molecule has 0 spiro atoms. The zero-order valence-electron chi connectivity index (χ0n) is 12.3. The molecule has 0 amide bonds. The van der Waals surface area contributed by atoms with Gasteiger partial charge in [0.1, 0.15) is 5.75 Å². The highest BCUT2D eigenvalue weighted by molar-refractivity contribution is 5.69. The fraction of sp³-hybridized carbons (Fsp3) is 0.533. The number of likely N-dealkylation sites (N-methyl/N-ethyl adjacent to an activating group) is 1. The fourth-order valence-electron chi connectivity index (χ4n) is 1.80. The molecule has 112 valence electrons. The number of carboxylic acid groups (broad SMARTS) is 1. The van der Waals surface area contributed by atoms with Gasteiger partial charge < -0.3 is 14.7 Å². The molecule has 1 rings (SSSR count). The second-order valence-electron chi connectivity index (χ2n) is 4.99. The van der Waals surface area contributed by atoms with E-state index in [0.29, 0.717) is 6.61 Å². The van der Waals surface area contributed by atoms with Crippen LogP contribution < -0.4 is 4.74 Å². The summed E-state index contributed by atoms with van der Waals surface area (Å²) in [5, 5.41) is 8.90. The van der Waals surface area contributed by atoms with Crippen molar-refractivity contribution in [2.24, 2.45) is 0 Å². The minimum Gasteiger partial charge on any atom is -0.494 e. The first-order chi connectivity index (χ1) is 9.58. The van der Waals surface area contributed by atoms with Gasteiger partial charge in [0.05, 0.1) is 13.2 Å². The SMILES string of the molecule is CN(C)CCN(CCCOc1ccccc1)CC(=O)O. The molecule has 0 atom stereocenters. The molecular weight excluding hydrogens is 256 g/mol. The van der Waals surface area contributed by atoms with Gasteiger partial charge in [0, 0.05) is 19.6 Å². The molecule has 0 aliphatic heterocycles.